The maximum Gasteiger partial charge on any atom is 0.133 e. The van der Waals surface area contributed by atoms with Crippen molar-refractivity contribution < 1.29 is 9.13 Å². The predicted molar refractivity (Wildman–Crippen MR) is 110 cm³/mol. The van der Waals surface area contributed by atoms with Gasteiger partial charge in [-0.3, -0.25) is 0 Å². The van der Waals surface area contributed by atoms with Crippen molar-refractivity contribution in [3.05, 3.63) is 98.9 Å². The highest BCUT2D eigenvalue weighted by molar-refractivity contribution is 14.1. The van der Waals surface area contributed by atoms with Crippen molar-refractivity contribution in [3.63, 3.8) is 0 Å². The molecule has 0 aromatic heterocycles. The third-order valence-electron chi connectivity index (χ3n) is 3.79. The maximum absolute atomic E-state index is 13.9. The van der Waals surface area contributed by atoms with E-state index in [0.717, 1.165) is 20.4 Å². The Balaban J connectivity index is 1.80. The molecule has 128 valence electrons. The van der Waals surface area contributed by atoms with Crippen LogP contribution in [0, 0.1) is 20.7 Å². The third kappa shape index (κ3) is 4.50. The van der Waals surface area contributed by atoms with Crippen LogP contribution in [-0.2, 0) is 6.61 Å². The number of benzene rings is 3. The highest BCUT2D eigenvalue weighted by Gasteiger charge is 2.08. The molecule has 4 heteroatoms. The van der Waals surface area contributed by atoms with Gasteiger partial charge in [0.15, 0.2) is 0 Å². The Hall–Kier alpha value is -2.65. The van der Waals surface area contributed by atoms with E-state index < -0.39 is 5.82 Å². The summed E-state index contributed by atoms with van der Waals surface area (Å²) in [5.41, 5.74) is 2.51. The fourth-order valence-corrected chi connectivity index (χ4v) is 3.17. The van der Waals surface area contributed by atoms with E-state index in [9.17, 15) is 9.65 Å². The molecular formula is C22H15FINO. The van der Waals surface area contributed by atoms with Gasteiger partial charge in [-0.25, -0.2) is 4.39 Å². The van der Waals surface area contributed by atoms with Crippen LogP contribution in [-0.4, -0.2) is 0 Å². The molecule has 0 spiro atoms. The summed E-state index contributed by atoms with van der Waals surface area (Å²) in [5, 5.41) is 9.39. The van der Waals surface area contributed by atoms with Crippen LogP contribution in [0.1, 0.15) is 16.7 Å². The van der Waals surface area contributed by atoms with Crippen molar-refractivity contribution in [1.29, 1.82) is 5.26 Å². The zero-order valence-corrected chi connectivity index (χ0v) is 16.0. The Kier molecular flexibility index (Phi) is 6.03. The molecule has 2 nitrogen and oxygen atoms in total. The first-order valence-corrected chi connectivity index (χ1v) is 9.08. The quantitative estimate of drug-likeness (QED) is 0.266. The number of rotatable bonds is 5. The van der Waals surface area contributed by atoms with Gasteiger partial charge in [0.25, 0.3) is 0 Å². The minimum Gasteiger partial charge on any atom is -0.488 e. The van der Waals surface area contributed by atoms with Crippen LogP contribution in [0.2, 0.25) is 0 Å². The van der Waals surface area contributed by atoms with Crippen LogP contribution in [0.15, 0.2) is 72.8 Å². The average molecular weight is 455 g/mol. The highest BCUT2D eigenvalue weighted by Crippen LogP contribution is 2.26. The van der Waals surface area contributed by atoms with E-state index in [1.54, 1.807) is 24.3 Å². The molecule has 0 aliphatic carbocycles. The number of hydrogen-bond acceptors (Lipinski definition) is 2. The lowest BCUT2D eigenvalue weighted by atomic mass is 10.0. The largest absolute Gasteiger partial charge is 0.488 e. The Bertz CT molecular complexity index is 977. The van der Waals surface area contributed by atoms with Crippen molar-refractivity contribution in [2.24, 2.45) is 0 Å². The van der Waals surface area contributed by atoms with Crippen LogP contribution < -0.4 is 4.74 Å². The standard InChI is InChI=1S/C22H15FINO/c23-20-9-5-4-8-19(20)18(14-25)12-17-10-11-22(21(24)13-17)26-15-16-6-2-1-3-7-16/h1-13H,15H2. The molecule has 3 aromatic rings. The Morgan fingerprint density at radius 3 is 2.46 bits per heavy atom. The van der Waals surface area contributed by atoms with Gasteiger partial charge in [-0.2, -0.15) is 5.26 Å². The van der Waals surface area contributed by atoms with E-state index >= 15 is 0 Å². The van der Waals surface area contributed by atoms with Gasteiger partial charge in [0.05, 0.1) is 15.2 Å². The minimum atomic E-state index is -0.405. The van der Waals surface area contributed by atoms with Crippen molar-refractivity contribution in [2.45, 2.75) is 6.61 Å². The topological polar surface area (TPSA) is 33.0 Å². The van der Waals surface area contributed by atoms with Crippen molar-refractivity contribution in [2.75, 3.05) is 0 Å². The Labute approximate surface area is 165 Å². The molecule has 0 radical (unpaired) electrons. The second-order valence-corrected chi connectivity index (χ2v) is 6.78. The van der Waals surface area contributed by atoms with Gasteiger partial charge in [-0.05, 0) is 58.0 Å². The Morgan fingerprint density at radius 1 is 1.04 bits per heavy atom. The van der Waals surface area contributed by atoms with E-state index in [1.807, 2.05) is 48.5 Å². The number of allylic oxidation sites excluding steroid dienone is 1. The number of halogens is 2. The SMILES string of the molecule is N#CC(=Cc1ccc(OCc2ccccc2)c(I)c1)c1ccccc1F. The molecule has 0 heterocycles. The smallest absolute Gasteiger partial charge is 0.133 e. The van der Waals surface area contributed by atoms with E-state index in [4.69, 9.17) is 4.74 Å². The Morgan fingerprint density at radius 2 is 1.77 bits per heavy atom. The predicted octanol–water partition coefficient (Wildman–Crippen LogP) is 6.07. The van der Waals surface area contributed by atoms with E-state index in [1.165, 1.54) is 6.07 Å². The molecule has 0 aliphatic heterocycles. The van der Waals surface area contributed by atoms with Crippen LogP contribution in [0.3, 0.4) is 0 Å². The number of ether oxygens (including phenoxy) is 1. The molecule has 0 bridgehead atoms. The summed E-state index contributed by atoms with van der Waals surface area (Å²) in [6, 6.07) is 23.9. The molecular weight excluding hydrogens is 440 g/mol. The summed E-state index contributed by atoms with van der Waals surface area (Å²) in [6.45, 7) is 0.491. The molecule has 3 aromatic carbocycles. The molecule has 3 rings (SSSR count). The molecule has 0 atom stereocenters. The third-order valence-corrected chi connectivity index (χ3v) is 4.63. The molecule has 0 saturated carbocycles. The monoisotopic (exact) mass is 455 g/mol. The van der Waals surface area contributed by atoms with E-state index in [0.29, 0.717) is 12.2 Å². The maximum atomic E-state index is 13.9. The molecule has 0 saturated heterocycles. The summed E-state index contributed by atoms with van der Waals surface area (Å²) >= 11 is 2.20. The lowest BCUT2D eigenvalue weighted by molar-refractivity contribution is 0.304. The zero-order chi connectivity index (χ0) is 18.4. The summed E-state index contributed by atoms with van der Waals surface area (Å²) in [5.74, 6) is 0.369. The first-order chi connectivity index (χ1) is 12.7. The highest BCUT2D eigenvalue weighted by atomic mass is 127. The van der Waals surface area contributed by atoms with Crippen LogP contribution in [0.5, 0.6) is 5.75 Å². The average Bonchev–Trinajstić information content (AvgIpc) is 2.67. The van der Waals surface area contributed by atoms with Gasteiger partial charge in [-0.15, -0.1) is 0 Å². The molecule has 0 aliphatic rings. The fraction of sp³-hybridized carbons (Fsp3) is 0.0455. The molecule has 0 amide bonds. The molecule has 26 heavy (non-hydrogen) atoms. The van der Waals surface area contributed by atoms with Crippen LogP contribution in [0.4, 0.5) is 4.39 Å². The number of hydrogen-bond donors (Lipinski definition) is 0. The van der Waals surface area contributed by atoms with Gasteiger partial charge < -0.3 is 4.74 Å². The summed E-state index contributed by atoms with van der Waals surface area (Å²) in [4.78, 5) is 0. The van der Waals surface area contributed by atoms with Crippen molar-refractivity contribution in [1.82, 2.24) is 0 Å². The van der Waals surface area contributed by atoms with Crippen LogP contribution in [0.25, 0.3) is 11.6 Å². The van der Waals surface area contributed by atoms with Gasteiger partial charge in [0.2, 0.25) is 0 Å². The lowest BCUT2D eigenvalue weighted by Crippen LogP contribution is -1.97. The van der Waals surface area contributed by atoms with Gasteiger partial charge in [-0.1, -0.05) is 54.6 Å². The lowest BCUT2D eigenvalue weighted by Gasteiger charge is -2.09. The molecule has 0 unspecified atom stereocenters. The summed E-state index contributed by atoms with van der Waals surface area (Å²) < 4.78 is 20.7. The van der Waals surface area contributed by atoms with Crippen molar-refractivity contribution >= 4 is 34.2 Å². The van der Waals surface area contributed by atoms with Crippen LogP contribution >= 0.6 is 22.6 Å². The van der Waals surface area contributed by atoms with Crippen molar-refractivity contribution in [3.8, 4) is 11.8 Å². The van der Waals surface area contributed by atoms with E-state index in [-0.39, 0.29) is 5.57 Å². The second kappa shape index (κ2) is 8.63. The van der Waals surface area contributed by atoms with E-state index in [2.05, 4.69) is 28.7 Å². The number of nitrogens with zero attached hydrogens (tertiary/aromatic N) is 1. The summed E-state index contributed by atoms with van der Waals surface area (Å²) in [6.07, 6.45) is 1.68. The fourth-order valence-electron chi connectivity index (χ4n) is 2.48. The normalized spacial score (nSPS) is 11.0. The first-order valence-electron chi connectivity index (χ1n) is 8.00. The molecule has 0 N–H and O–H groups in total. The van der Waals surface area contributed by atoms with Gasteiger partial charge in [0, 0.05) is 5.56 Å². The minimum absolute atomic E-state index is 0.289. The molecule has 0 fully saturated rings. The van der Waals surface area contributed by atoms with Gasteiger partial charge in [0.1, 0.15) is 18.2 Å². The number of nitriles is 1. The second-order valence-electron chi connectivity index (χ2n) is 5.61. The first kappa shape index (κ1) is 18.2. The zero-order valence-electron chi connectivity index (χ0n) is 13.8. The van der Waals surface area contributed by atoms with Gasteiger partial charge >= 0.3 is 0 Å². The summed E-state index contributed by atoms with van der Waals surface area (Å²) in [7, 11) is 0.